The van der Waals surface area contributed by atoms with Gasteiger partial charge in [0.2, 0.25) is 0 Å². The highest BCUT2D eigenvalue weighted by atomic mass is 19.4. The Morgan fingerprint density at radius 3 is 2.66 bits per heavy atom. The fraction of sp³-hybridized carbons (Fsp3) is 0.316. The Hall–Kier alpha value is -3.14. The third-order valence-electron chi connectivity index (χ3n) is 4.84. The fourth-order valence-electron chi connectivity index (χ4n) is 3.43. The standard InChI is InChI=1S/C19H18F3N5O2/c20-19(21,22)16-15-13(18(29)24-11-2-1-7-23-9-11)8-14(25-17(15)27-26-16)10-3-5-12(28)6-4-10/h3-6,8,11,23,28H,1-2,7,9H2,(H,24,29)(H,25,26,27)/t11-/m1/s1. The van der Waals surface area contributed by atoms with Crippen molar-refractivity contribution in [1.29, 1.82) is 0 Å². The number of hydrogen-bond acceptors (Lipinski definition) is 5. The van der Waals surface area contributed by atoms with Crippen molar-refractivity contribution in [1.82, 2.24) is 25.8 Å². The van der Waals surface area contributed by atoms with E-state index >= 15 is 0 Å². The molecule has 4 rings (SSSR count). The predicted octanol–water partition coefficient (Wildman–Crippen LogP) is 2.83. The molecule has 1 saturated heterocycles. The van der Waals surface area contributed by atoms with E-state index in [4.69, 9.17) is 0 Å². The van der Waals surface area contributed by atoms with Gasteiger partial charge in [0.1, 0.15) is 5.75 Å². The third-order valence-corrected chi connectivity index (χ3v) is 4.84. The molecular weight excluding hydrogens is 387 g/mol. The van der Waals surface area contributed by atoms with Crippen molar-refractivity contribution in [2.75, 3.05) is 13.1 Å². The predicted molar refractivity (Wildman–Crippen MR) is 99.3 cm³/mol. The Balaban J connectivity index is 1.82. The monoisotopic (exact) mass is 405 g/mol. The molecule has 1 aromatic carbocycles. The van der Waals surface area contributed by atoms with E-state index in [2.05, 4.69) is 25.8 Å². The van der Waals surface area contributed by atoms with E-state index in [9.17, 15) is 23.1 Å². The summed E-state index contributed by atoms with van der Waals surface area (Å²) in [6, 6.07) is 7.16. The van der Waals surface area contributed by atoms with Crippen LogP contribution < -0.4 is 10.6 Å². The molecule has 0 bridgehead atoms. The smallest absolute Gasteiger partial charge is 0.435 e. The number of benzene rings is 1. The molecule has 3 heterocycles. The lowest BCUT2D eigenvalue weighted by atomic mass is 10.0. The second-order valence-electron chi connectivity index (χ2n) is 6.91. The molecule has 1 aliphatic rings. The topological polar surface area (TPSA) is 103 Å². The molecule has 1 amide bonds. The van der Waals surface area contributed by atoms with Crippen LogP contribution in [0.25, 0.3) is 22.3 Å². The Bertz CT molecular complexity index is 1040. The van der Waals surface area contributed by atoms with Crippen molar-refractivity contribution < 1.29 is 23.1 Å². The van der Waals surface area contributed by atoms with Crippen LogP contribution in [0.3, 0.4) is 0 Å². The van der Waals surface area contributed by atoms with Gasteiger partial charge in [0, 0.05) is 18.2 Å². The van der Waals surface area contributed by atoms with Gasteiger partial charge in [-0.05, 0) is 49.7 Å². The minimum Gasteiger partial charge on any atom is -0.508 e. The van der Waals surface area contributed by atoms with Crippen molar-refractivity contribution >= 4 is 16.9 Å². The third kappa shape index (κ3) is 3.88. The van der Waals surface area contributed by atoms with Crippen LogP contribution in [0.4, 0.5) is 13.2 Å². The van der Waals surface area contributed by atoms with Crippen molar-refractivity contribution in [3.05, 3.63) is 41.6 Å². The fourth-order valence-corrected chi connectivity index (χ4v) is 3.43. The zero-order valence-corrected chi connectivity index (χ0v) is 15.2. The van der Waals surface area contributed by atoms with Crippen molar-refractivity contribution in [2.24, 2.45) is 0 Å². The Labute approximate surface area is 163 Å². The van der Waals surface area contributed by atoms with E-state index in [-0.39, 0.29) is 28.4 Å². The van der Waals surface area contributed by atoms with Crippen molar-refractivity contribution in [2.45, 2.75) is 25.1 Å². The number of halogens is 3. The maximum absolute atomic E-state index is 13.4. The number of phenolic OH excluding ortho intramolecular Hbond substituents is 1. The van der Waals surface area contributed by atoms with E-state index < -0.39 is 17.8 Å². The largest absolute Gasteiger partial charge is 0.508 e. The lowest BCUT2D eigenvalue weighted by Crippen LogP contribution is -2.45. The highest BCUT2D eigenvalue weighted by Crippen LogP contribution is 2.35. The highest BCUT2D eigenvalue weighted by molar-refractivity contribution is 6.07. The van der Waals surface area contributed by atoms with Gasteiger partial charge < -0.3 is 15.7 Å². The molecule has 0 aliphatic carbocycles. The van der Waals surface area contributed by atoms with E-state index in [1.807, 2.05) is 0 Å². The van der Waals surface area contributed by atoms with Crippen LogP contribution in [-0.2, 0) is 6.18 Å². The molecule has 2 aromatic heterocycles. The number of aromatic hydroxyl groups is 1. The van der Waals surface area contributed by atoms with Crippen LogP contribution >= 0.6 is 0 Å². The summed E-state index contributed by atoms with van der Waals surface area (Å²) < 4.78 is 40.3. The molecular formula is C19H18F3N5O2. The number of nitrogens with one attached hydrogen (secondary N) is 3. The first kappa shape index (κ1) is 19.2. The molecule has 1 aliphatic heterocycles. The highest BCUT2D eigenvalue weighted by Gasteiger charge is 2.38. The van der Waals surface area contributed by atoms with Crippen LogP contribution in [0.5, 0.6) is 5.75 Å². The first-order valence-corrected chi connectivity index (χ1v) is 9.10. The van der Waals surface area contributed by atoms with Gasteiger partial charge in [0.15, 0.2) is 11.3 Å². The van der Waals surface area contributed by atoms with Crippen LogP contribution in [0.1, 0.15) is 28.9 Å². The summed E-state index contributed by atoms with van der Waals surface area (Å²) in [7, 11) is 0. The summed E-state index contributed by atoms with van der Waals surface area (Å²) in [5, 5.41) is 20.7. The number of alkyl halides is 3. The molecule has 3 aromatic rings. The number of H-pyrrole nitrogens is 1. The molecule has 10 heteroatoms. The summed E-state index contributed by atoms with van der Waals surface area (Å²) in [6.45, 7) is 1.40. The normalized spacial score (nSPS) is 17.4. The number of nitrogens with zero attached hydrogens (tertiary/aromatic N) is 2. The number of aromatic amines is 1. The van der Waals surface area contributed by atoms with Crippen LogP contribution in [-0.4, -0.2) is 45.3 Å². The number of fused-ring (bicyclic) bond motifs is 1. The average Bonchev–Trinajstić information content (AvgIpc) is 3.13. The van der Waals surface area contributed by atoms with Gasteiger partial charge in [-0.3, -0.25) is 9.89 Å². The average molecular weight is 405 g/mol. The molecule has 0 spiro atoms. The van der Waals surface area contributed by atoms with Gasteiger partial charge in [0.25, 0.3) is 5.91 Å². The zero-order valence-electron chi connectivity index (χ0n) is 15.2. The summed E-state index contributed by atoms with van der Waals surface area (Å²) in [5.41, 5.74) is -0.619. The van der Waals surface area contributed by atoms with Crippen LogP contribution in [0.15, 0.2) is 30.3 Å². The Morgan fingerprint density at radius 2 is 2.00 bits per heavy atom. The number of amides is 1. The van der Waals surface area contributed by atoms with Gasteiger partial charge in [-0.25, -0.2) is 4.98 Å². The van der Waals surface area contributed by atoms with Gasteiger partial charge in [-0.2, -0.15) is 18.3 Å². The molecule has 4 N–H and O–H groups in total. The van der Waals surface area contributed by atoms with E-state index in [1.54, 1.807) is 12.1 Å². The molecule has 1 fully saturated rings. The number of carbonyl (C=O) groups is 1. The number of pyridine rings is 1. The maximum atomic E-state index is 13.4. The first-order chi connectivity index (χ1) is 13.8. The number of carbonyl (C=O) groups excluding carboxylic acids is 1. The number of hydrogen-bond donors (Lipinski definition) is 4. The number of rotatable bonds is 3. The van der Waals surface area contributed by atoms with Crippen molar-refractivity contribution in [3.63, 3.8) is 0 Å². The van der Waals surface area contributed by atoms with E-state index in [1.165, 1.54) is 18.2 Å². The van der Waals surface area contributed by atoms with E-state index in [0.717, 1.165) is 19.4 Å². The summed E-state index contributed by atoms with van der Waals surface area (Å²) >= 11 is 0. The summed E-state index contributed by atoms with van der Waals surface area (Å²) in [5.74, 6) is -0.573. The number of aromatic nitrogens is 3. The van der Waals surface area contributed by atoms with Gasteiger partial charge >= 0.3 is 6.18 Å². The number of piperidine rings is 1. The van der Waals surface area contributed by atoms with Gasteiger partial charge in [-0.15, -0.1) is 0 Å². The van der Waals surface area contributed by atoms with Gasteiger partial charge in [-0.1, -0.05) is 0 Å². The summed E-state index contributed by atoms with van der Waals surface area (Å²) in [4.78, 5) is 17.1. The van der Waals surface area contributed by atoms with Gasteiger partial charge in [0.05, 0.1) is 16.6 Å². The molecule has 0 saturated carbocycles. The molecule has 0 unspecified atom stereocenters. The lowest BCUT2D eigenvalue weighted by molar-refractivity contribution is -0.139. The minimum atomic E-state index is -4.73. The molecule has 29 heavy (non-hydrogen) atoms. The molecule has 0 radical (unpaired) electrons. The number of phenols is 1. The molecule has 1 atom stereocenters. The van der Waals surface area contributed by atoms with E-state index in [0.29, 0.717) is 17.8 Å². The minimum absolute atomic E-state index is 0.0403. The maximum Gasteiger partial charge on any atom is 0.435 e. The second-order valence-corrected chi connectivity index (χ2v) is 6.91. The Kier molecular flexibility index (Phi) is 4.87. The lowest BCUT2D eigenvalue weighted by Gasteiger charge is -2.24. The molecule has 7 nitrogen and oxygen atoms in total. The first-order valence-electron chi connectivity index (χ1n) is 9.10. The Morgan fingerprint density at radius 1 is 1.24 bits per heavy atom. The second kappa shape index (κ2) is 7.36. The SMILES string of the molecule is O=C(N[C@@H]1CCCNC1)c1cc(-c2ccc(O)cc2)nc2[nH]nc(C(F)(F)F)c12. The quantitative estimate of drug-likeness (QED) is 0.537. The van der Waals surface area contributed by atoms with Crippen LogP contribution in [0.2, 0.25) is 0 Å². The zero-order chi connectivity index (χ0) is 20.6. The molecule has 152 valence electrons. The van der Waals surface area contributed by atoms with Crippen LogP contribution in [0, 0.1) is 0 Å². The summed E-state index contributed by atoms with van der Waals surface area (Å²) in [6.07, 6.45) is -3.12. The van der Waals surface area contributed by atoms with Crippen molar-refractivity contribution in [3.8, 4) is 17.0 Å².